The zero-order valence-electron chi connectivity index (χ0n) is 12.6. The van der Waals surface area contributed by atoms with Gasteiger partial charge in [0.1, 0.15) is 5.75 Å². The summed E-state index contributed by atoms with van der Waals surface area (Å²) in [6, 6.07) is 11.4. The third kappa shape index (κ3) is 4.60. The van der Waals surface area contributed by atoms with Crippen molar-refractivity contribution in [2.75, 3.05) is 11.9 Å². The molecule has 0 fully saturated rings. The number of benzene rings is 1. The first kappa shape index (κ1) is 15.0. The van der Waals surface area contributed by atoms with Gasteiger partial charge in [0, 0.05) is 6.20 Å². The van der Waals surface area contributed by atoms with Crippen molar-refractivity contribution in [1.82, 2.24) is 4.98 Å². The number of pyridine rings is 1. The summed E-state index contributed by atoms with van der Waals surface area (Å²) in [6.45, 7) is 6.45. The van der Waals surface area contributed by atoms with Crippen molar-refractivity contribution in [2.24, 2.45) is 0 Å². The molecule has 0 radical (unpaired) electrons. The minimum Gasteiger partial charge on any atom is -0.484 e. The number of amides is 1. The molecule has 1 amide bonds. The fraction of sp³-hybridized carbons (Fsp3) is 0.294. The van der Waals surface area contributed by atoms with Crippen LogP contribution in [-0.2, 0) is 10.2 Å². The molecule has 2 rings (SSSR count). The minimum absolute atomic E-state index is 0.0240. The number of carbonyl (C=O) groups is 1. The van der Waals surface area contributed by atoms with Crippen LogP contribution in [0.1, 0.15) is 26.3 Å². The lowest BCUT2D eigenvalue weighted by Gasteiger charge is -2.19. The van der Waals surface area contributed by atoms with Crippen molar-refractivity contribution in [2.45, 2.75) is 26.2 Å². The molecule has 21 heavy (non-hydrogen) atoms. The Morgan fingerprint density at radius 2 is 1.90 bits per heavy atom. The number of hydrogen-bond acceptors (Lipinski definition) is 3. The molecule has 0 saturated carbocycles. The molecule has 0 atom stereocenters. The highest BCUT2D eigenvalue weighted by Crippen LogP contribution is 2.24. The maximum Gasteiger partial charge on any atom is 0.262 e. The Hall–Kier alpha value is -2.36. The normalized spacial score (nSPS) is 11.0. The van der Waals surface area contributed by atoms with E-state index in [9.17, 15) is 4.79 Å². The van der Waals surface area contributed by atoms with Gasteiger partial charge in [-0.2, -0.15) is 0 Å². The molecule has 4 heteroatoms. The number of nitrogens with zero attached hydrogens (tertiary/aromatic N) is 1. The molecule has 0 aliphatic rings. The van der Waals surface area contributed by atoms with E-state index in [0.717, 1.165) is 0 Å². The molecule has 0 spiro atoms. The summed E-state index contributed by atoms with van der Waals surface area (Å²) in [6.07, 6.45) is 3.25. The number of nitrogens with one attached hydrogen (secondary N) is 1. The summed E-state index contributed by atoms with van der Waals surface area (Å²) >= 11 is 0. The lowest BCUT2D eigenvalue weighted by Crippen LogP contribution is -2.20. The Morgan fingerprint density at radius 3 is 2.48 bits per heavy atom. The third-order valence-electron chi connectivity index (χ3n) is 3.04. The number of anilines is 1. The molecular weight excluding hydrogens is 264 g/mol. The Morgan fingerprint density at radius 1 is 1.19 bits per heavy atom. The fourth-order valence-electron chi connectivity index (χ4n) is 1.83. The number of rotatable bonds is 4. The fourth-order valence-corrected chi connectivity index (χ4v) is 1.83. The molecule has 0 saturated heterocycles. The van der Waals surface area contributed by atoms with Crippen LogP contribution in [0.2, 0.25) is 0 Å². The lowest BCUT2D eigenvalue weighted by atomic mass is 9.87. The van der Waals surface area contributed by atoms with E-state index in [1.165, 1.54) is 5.56 Å². The summed E-state index contributed by atoms with van der Waals surface area (Å²) in [5.74, 6) is 0.479. The van der Waals surface area contributed by atoms with Gasteiger partial charge in [0.15, 0.2) is 6.61 Å². The molecule has 2 aromatic rings. The number of aromatic nitrogens is 1. The van der Waals surface area contributed by atoms with Crippen molar-refractivity contribution >= 4 is 11.6 Å². The summed E-state index contributed by atoms with van der Waals surface area (Å²) in [4.78, 5) is 15.7. The number of hydrogen-bond donors (Lipinski definition) is 1. The number of carbonyl (C=O) groups excluding carboxylic acids is 1. The average Bonchev–Trinajstić information content (AvgIpc) is 2.46. The van der Waals surface area contributed by atoms with Gasteiger partial charge >= 0.3 is 0 Å². The molecule has 4 nitrogen and oxygen atoms in total. The van der Waals surface area contributed by atoms with E-state index < -0.39 is 0 Å². The second-order valence-corrected chi connectivity index (χ2v) is 5.85. The molecule has 0 unspecified atom stereocenters. The van der Waals surface area contributed by atoms with E-state index in [0.29, 0.717) is 11.4 Å². The largest absolute Gasteiger partial charge is 0.484 e. The van der Waals surface area contributed by atoms with E-state index >= 15 is 0 Å². The minimum atomic E-state index is -0.206. The van der Waals surface area contributed by atoms with Gasteiger partial charge in [-0.25, -0.2) is 0 Å². The zero-order valence-corrected chi connectivity index (χ0v) is 12.6. The van der Waals surface area contributed by atoms with Gasteiger partial charge in [-0.3, -0.25) is 9.78 Å². The number of ether oxygens (including phenoxy) is 1. The Balaban J connectivity index is 1.87. The van der Waals surface area contributed by atoms with Crippen LogP contribution in [0.15, 0.2) is 48.8 Å². The summed E-state index contributed by atoms with van der Waals surface area (Å²) in [5, 5.41) is 2.72. The van der Waals surface area contributed by atoms with Gasteiger partial charge in [-0.1, -0.05) is 32.9 Å². The predicted octanol–water partition coefficient (Wildman–Crippen LogP) is 3.40. The van der Waals surface area contributed by atoms with Crippen molar-refractivity contribution in [3.05, 3.63) is 54.4 Å². The van der Waals surface area contributed by atoms with Crippen LogP contribution in [0.3, 0.4) is 0 Å². The monoisotopic (exact) mass is 284 g/mol. The molecule has 1 N–H and O–H groups in total. The molecular formula is C17H20N2O2. The molecule has 1 heterocycles. The smallest absolute Gasteiger partial charge is 0.262 e. The lowest BCUT2D eigenvalue weighted by molar-refractivity contribution is -0.118. The van der Waals surface area contributed by atoms with E-state index in [1.54, 1.807) is 24.5 Å². The standard InChI is InChI=1S/C17H20N2O2/c1-17(2,3)13-6-8-15(9-7-13)21-12-16(20)19-14-5-4-10-18-11-14/h4-11H,12H2,1-3H3,(H,19,20). The highest BCUT2D eigenvalue weighted by Gasteiger charge is 2.13. The molecule has 0 aliphatic carbocycles. The van der Waals surface area contributed by atoms with Gasteiger partial charge < -0.3 is 10.1 Å². The quantitative estimate of drug-likeness (QED) is 0.936. The maximum atomic E-state index is 11.7. The van der Waals surface area contributed by atoms with Crippen LogP contribution in [0.4, 0.5) is 5.69 Å². The van der Waals surface area contributed by atoms with Crippen LogP contribution in [-0.4, -0.2) is 17.5 Å². The summed E-state index contributed by atoms with van der Waals surface area (Å²) in [5.41, 5.74) is 2.00. The third-order valence-corrected chi connectivity index (χ3v) is 3.04. The van der Waals surface area contributed by atoms with Gasteiger partial charge in [0.2, 0.25) is 0 Å². The first-order valence-corrected chi connectivity index (χ1v) is 6.88. The van der Waals surface area contributed by atoms with Crippen LogP contribution in [0.5, 0.6) is 5.75 Å². The van der Waals surface area contributed by atoms with Gasteiger partial charge in [-0.05, 0) is 35.2 Å². The van der Waals surface area contributed by atoms with E-state index in [2.05, 4.69) is 31.1 Å². The van der Waals surface area contributed by atoms with Crippen LogP contribution in [0, 0.1) is 0 Å². The Labute approximate surface area is 125 Å². The van der Waals surface area contributed by atoms with Gasteiger partial charge in [0.25, 0.3) is 5.91 Å². The summed E-state index contributed by atoms with van der Waals surface area (Å²) in [7, 11) is 0. The molecule has 0 aliphatic heterocycles. The Bertz CT molecular complexity index is 586. The van der Waals surface area contributed by atoms with Crippen molar-refractivity contribution in [3.63, 3.8) is 0 Å². The first-order chi connectivity index (χ1) is 9.95. The second kappa shape index (κ2) is 6.39. The molecule has 110 valence electrons. The van der Waals surface area contributed by atoms with Crippen LogP contribution >= 0.6 is 0 Å². The van der Waals surface area contributed by atoms with Crippen LogP contribution in [0.25, 0.3) is 0 Å². The topological polar surface area (TPSA) is 51.2 Å². The maximum absolute atomic E-state index is 11.7. The Kier molecular flexibility index (Phi) is 4.58. The highest BCUT2D eigenvalue weighted by atomic mass is 16.5. The molecule has 1 aromatic heterocycles. The zero-order chi connectivity index (χ0) is 15.3. The van der Waals surface area contributed by atoms with Crippen molar-refractivity contribution in [3.8, 4) is 5.75 Å². The van der Waals surface area contributed by atoms with Gasteiger partial charge in [0.05, 0.1) is 11.9 Å². The van der Waals surface area contributed by atoms with E-state index in [-0.39, 0.29) is 17.9 Å². The van der Waals surface area contributed by atoms with Crippen LogP contribution < -0.4 is 10.1 Å². The van der Waals surface area contributed by atoms with Crippen molar-refractivity contribution in [1.29, 1.82) is 0 Å². The van der Waals surface area contributed by atoms with E-state index in [1.807, 2.05) is 24.3 Å². The summed E-state index contributed by atoms with van der Waals surface area (Å²) < 4.78 is 5.48. The highest BCUT2D eigenvalue weighted by molar-refractivity contribution is 5.91. The molecule has 0 bridgehead atoms. The SMILES string of the molecule is CC(C)(C)c1ccc(OCC(=O)Nc2cccnc2)cc1. The predicted molar refractivity (Wildman–Crippen MR) is 83.5 cm³/mol. The second-order valence-electron chi connectivity index (χ2n) is 5.85. The first-order valence-electron chi connectivity index (χ1n) is 6.88. The van der Waals surface area contributed by atoms with Crippen molar-refractivity contribution < 1.29 is 9.53 Å². The molecule has 1 aromatic carbocycles. The van der Waals surface area contributed by atoms with E-state index in [4.69, 9.17) is 4.74 Å². The average molecular weight is 284 g/mol. The van der Waals surface area contributed by atoms with Gasteiger partial charge in [-0.15, -0.1) is 0 Å².